The zero-order valence-corrected chi connectivity index (χ0v) is 19.0. The molecule has 0 unspecified atom stereocenters. The van der Waals surface area contributed by atoms with E-state index >= 15 is 0 Å². The van der Waals surface area contributed by atoms with Gasteiger partial charge in [0.1, 0.15) is 5.76 Å². The van der Waals surface area contributed by atoms with Gasteiger partial charge in [-0.25, -0.2) is 0 Å². The van der Waals surface area contributed by atoms with Crippen LogP contribution in [0.5, 0.6) is 0 Å². The van der Waals surface area contributed by atoms with E-state index in [9.17, 15) is 10.0 Å². The van der Waals surface area contributed by atoms with Crippen molar-refractivity contribution in [2.75, 3.05) is 27.2 Å². The molecule has 170 valence electrons. The maximum Gasteiger partial charge on any atom is 0.289 e. The van der Waals surface area contributed by atoms with Crippen LogP contribution < -0.4 is 0 Å². The topological polar surface area (TPSA) is 82.2 Å². The molecule has 7 nitrogen and oxygen atoms in total. The molecule has 0 atom stereocenters. The Hall–Kier alpha value is -3.45. The summed E-state index contributed by atoms with van der Waals surface area (Å²) >= 11 is 0. The van der Waals surface area contributed by atoms with E-state index in [-0.39, 0.29) is 11.9 Å². The molecule has 1 aliphatic heterocycles. The van der Waals surface area contributed by atoms with Gasteiger partial charge in [0.25, 0.3) is 5.91 Å². The number of rotatable bonds is 4. The van der Waals surface area contributed by atoms with E-state index in [1.807, 2.05) is 42.3 Å². The molecule has 0 radical (unpaired) electrons. The normalized spacial score (nSPS) is 17.9. The van der Waals surface area contributed by atoms with E-state index in [0.29, 0.717) is 17.2 Å². The number of pyridine rings is 1. The van der Waals surface area contributed by atoms with Crippen LogP contribution in [-0.4, -0.2) is 64.8 Å². The average molecular weight is 445 g/mol. The summed E-state index contributed by atoms with van der Waals surface area (Å²) in [6, 6.07) is 11.9. The Balaban J connectivity index is 1.52. The van der Waals surface area contributed by atoms with Gasteiger partial charge in [-0.1, -0.05) is 17.3 Å². The molecule has 1 aliphatic carbocycles. The average Bonchev–Trinajstić information content (AvgIpc) is 3.48. The molecular weight excluding hydrogens is 416 g/mol. The predicted octanol–water partition coefficient (Wildman–Crippen LogP) is 4.30. The van der Waals surface area contributed by atoms with Gasteiger partial charge < -0.3 is 19.4 Å². The Kier molecular flexibility index (Phi) is 5.72. The van der Waals surface area contributed by atoms with Crippen molar-refractivity contribution in [2.45, 2.75) is 31.7 Å². The number of aryl methyl sites for hydroxylation is 1. The van der Waals surface area contributed by atoms with E-state index in [1.165, 1.54) is 0 Å². The Morgan fingerprint density at radius 3 is 2.58 bits per heavy atom. The summed E-state index contributed by atoms with van der Waals surface area (Å²) in [6.45, 7) is 1.98. The monoisotopic (exact) mass is 444 g/mol. The minimum Gasteiger partial charge on any atom is -0.450 e. The number of benzene rings is 1. The standard InChI is InChI=1S/C26H28N4O3/c1-29-13-9-20(10-14-29)30(2)26(31)24-16-22(17-7-11-27-12-8-17)25(33-24)19-3-5-21-18(15-19)4-6-23(21)28-32/h3,5,7-8,11-12,15-16,20,32H,4,6,9-10,13-14H2,1-2H3. The summed E-state index contributed by atoms with van der Waals surface area (Å²) in [5.41, 5.74) is 5.52. The number of amides is 1. The molecule has 5 rings (SSSR count). The lowest BCUT2D eigenvalue weighted by Crippen LogP contribution is -2.44. The van der Waals surface area contributed by atoms with Crippen LogP contribution in [0, 0.1) is 0 Å². The summed E-state index contributed by atoms with van der Waals surface area (Å²) in [5, 5.41) is 12.7. The molecule has 1 amide bonds. The molecular formula is C26H28N4O3. The fraction of sp³-hybridized carbons (Fsp3) is 0.346. The van der Waals surface area contributed by atoms with Gasteiger partial charge in [-0.3, -0.25) is 9.78 Å². The number of piperidine rings is 1. The maximum atomic E-state index is 13.4. The summed E-state index contributed by atoms with van der Waals surface area (Å²) in [7, 11) is 3.99. The lowest BCUT2D eigenvalue weighted by atomic mass is 9.99. The third kappa shape index (κ3) is 4.04. The molecule has 7 heteroatoms. The van der Waals surface area contributed by atoms with Gasteiger partial charge in [0.2, 0.25) is 0 Å². The molecule has 3 aromatic rings. The lowest BCUT2D eigenvalue weighted by molar-refractivity contribution is 0.0629. The van der Waals surface area contributed by atoms with Crippen LogP contribution >= 0.6 is 0 Å². The van der Waals surface area contributed by atoms with Crippen LogP contribution in [0.4, 0.5) is 0 Å². The molecule has 0 saturated carbocycles. The number of nitrogens with zero attached hydrogens (tertiary/aromatic N) is 4. The highest BCUT2D eigenvalue weighted by Gasteiger charge is 2.28. The molecule has 2 aliphatic rings. The molecule has 1 fully saturated rings. The number of oxime groups is 1. The Morgan fingerprint density at radius 2 is 1.85 bits per heavy atom. The second kappa shape index (κ2) is 8.83. The van der Waals surface area contributed by atoms with E-state index in [1.54, 1.807) is 12.4 Å². The third-order valence-corrected chi connectivity index (χ3v) is 6.92. The van der Waals surface area contributed by atoms with Crippen LogP contribution in [0.15, 0.2) is 58.4 Å². The van der Waals surface area contributed by atoms with Gasteiger partial charge in [0, 0.05) is 42.2 Å². The highest BCUT2D eigenvalue weighted by Crippen LogP contribution is 2.37. The summed E-state index contributed by atoms with van der Waals surface area (Å²) in [4.78, 5) is 21.6. The van der Waals surface area contributed by atoms with E-state index in [4.69, 9.17) is 4.42 Å². The van der Waals surface area contributed by atoms with Crippen LogP contribution in [0.2, 0.25) is 0 Å². The van der Waals surface area contributed by atoms with Gasteiger partial charge in [0.05, 0.1) is 5.71 Å². The molecule has 1 saturated heterocycles. The fourth-order valence-corrected chi connectivity index (χ4v) is 4.89. The number of hydrogen-bond acceptors (Lipinski definition) is 6. The SMILES string of the molecule is CN1CCC(N(C)C(=O)c2cc(-c3ccncc3)c(-c3ccc4c(c3)CCC4=NO)o2)CC1. The highest BCUT2D eigenvalue weighted by atomic mass is 16.4. The predicted molar refractivity (Wildman–Crippen MR) is 127 cm³/mol. The number of carbonyl (C=O) groups is 1. The van der Waals surface area contributed by atoms with Gasteiger partial charge >= 0.3 is 0 Å². The first-order valence-electron chi connectivity index (χ1n) is 11.4. The largest absolute Gasteiger partial charge is 0.450 e. The second-order valence-corrected chi connectivity index (χ2v) is 8.96. The van der Waals surface area contributed by atoms with Gasteiger partial charge in [-0.05, 0) is 81.2 Å². The van der Waals surface area contributed by atoms with Crippen molar-refractivity contribution < 1.29 is 14.4 Å². The summed E-state index contributed by atoms with van der Waals surface area (Å²) < 4.78 is 6.26. The van der Waals surface area contributed by atoms with Crippen molar-refractivity contribution >= 4 is 11.6 Å². The van der Waals surface area contributed by atoms with Crippen molar-refractivity contribution in [3.8, 4) is 22.5 Å². The first-order valence-corrected chi connectivity index (χ1v) is 11.4. The van der Waals surface area contributed by atoms with Crippen molar-refractivity contribution in [1.82, 2.24) is 14.8 Å². The van der Waals surface area contributed by atoms with Crippen LogP contribution in [0.1, 0.15) is 40.9 Å². The maximum absolute atomic E-state index is 13.4. The minimum atomic E-state index is -0.0954. The molecule has 1 N–H and O–H groups in total. The Morgan fingerprint density at radius 1 is 1.09 bits per heavy atom. The van der Waals surface area contributed by atoms with Crippen LogP contribution in [0.3, 0.4) is 0 Å². The van der Waals surface area contributed by atoms with Crippen molar-refractivity contribution in [1.29, 1.82) is 0 Å². The van der Waals surface area contributed by atoms with Gasteiger partial charge in [-0.15, -0.1) is 0 Å². The number of carbonyl (C=O) groups excluding carboxylic acids is 1. The minimum absolute atomic E-state index is 0.0954. The summed E-state index contributed by atoms with van der Waals surface area (Å²) in [6.07, 6.45) is 6.94. The molecule has 2 aromatic heterocycles. The second-order valence-electron chi connectivity index (χ2n) is 8.96. The number of fused-ring (bicyclic) bond motifs is 1. The number of likely N-dealkylation sites (tertiary alicyclic amines) is 1. The lowest BCUT2D eigenvalue weighted by Gasteiger charge is -2.34. The highest BCUT2D eigenvalue weighted by molar-refractivity contribution is 6.04. The Labute approximate surface area is 193 Å². The van der Waals surface area contributed by atoms with Crippen molar-refractivity contribution in [3.63, 3.8) is 0 Å². The molecule has 3 heterocycles. The fourth-order valence-electron chi connectivity index (χ4n) is 4.89. The molecule has 1 aromatic carbocycles. The van der Waals surface area contributed by atoms with Crippen LogP contribution in [0.25, 0.3) is 22.5 Å². The van der Waals surface area contributed by atoms with E-state index < -0.39 is 0 Å². The Bertz CT molecular complexity index is 1190. The number of hydrogen-bond donors (Lipinski definition) is 1. The van der Waals surface area contributed by atoms with Crippen molar-refractivity contribution in [2.24, 2.45) is 5.16 Å². The first kappa shape index (κ1) is 21.4. The molecule has 33 heavy (non-hydrogen) atoms. The van der Waals surface area contributed by atoms with Gasteiger partial charge in [0.15, 0.2) is 5.76 Å². The van der Waals surface area contributed by atoms with E-state index in [0.717, 1.165) is 66.6 Å². The number of aromatic nitrogens is 1. The molecule has 0 spiro atoms. The quantitative estimate of drug-likeness (QED) is 0.479. The van der Waals surface area contributed by atoms with Crippen molar-refractivity contribution in [3.05, 3.63) is 65.7 Å². The smallest absolute Gasteiger partial charge is 0.289 e. The van der Waals surface area contributed by atoms with Crippen LogP contribution in [-0.2, 0) is 6.42 Å². The molecule has 0 bridgehead atoms. The number of furan rings is 1. The zero-order valence-electron chi connectivity index (χ0n) is 19.0. The third-order valence-electron chi connectivity index (χ3n) is 6.92. The first-order chi connectivity index (χ1) is 16.0. The van der Waals surface area contributed by atoms with E-state index in [2.05, 4.69) is 28.2 Å². The van der Waals surface area contributed by atoms with Gasteiger partial charge in [-0.2, -0.15) is 0 Å². The zero-order chi connectivity index (χ0) is 22.9. The summed E-state index contributed by atoms with van der Waals surface area (Å²) in [5.74, 6) is 0.914.